The highest BCUT2D eigenvalue weighted by molar-refractivity contribution is 5.96. The second-order valence-electron chi connectivity index (χ2n) is 5.72. The molecule has 5 heteroatoms. The average Bonchev–Trinajstić information content (AvgIpc) is 2.44. The van der Waals surface area contributed by atoms with Crippen molar-refractivity contribution >= 4 is 16.9 Å². The Hall–Kier alpha value is -2.43. The van der Waals surface area contributed by atoms with Gasteiger partial charge in [-0.15, -0.1) is 0 Å². The summed E-state index contributed by atoms with van der Waals surface area (Å²) in [5.74, 6) is 1.44. The molecule has 0 N–H and O–H groups in total. The number of benzene rings is 2. The highest BCUT2D eigenvalue weighted by Gasteiger charge is 2.21. The number of rotatable bonds is 3. The van der Waals surface area contributed by atoms with Crippen LogP contribution in [0.5, 0.6) is 17.2 Å². The number of carbonyl (C=O) groups is 1. The van der Waals surface area contributed by atoms with Gasteiger partial charge in [0.15, 0.2) is 11.5 Å². The molecule has 0 aliphatic rings. The molecule has 0 bridgehead atoms. The topological polar surface area (TPSA) is 54.0 Å². The first-order valence-electron chi connectivity index (χ1n) is 6.90. The number of methoxy groups -OCH3 is 2. The Balaban J connectivity index is 2.48. The van der Waals surface area contributed by atoms with Crippen molar-refractivity contribution in [3.63, 3.8) is 0 Å². The van der Waals surface area contributed by atoms with E-state index >= 15 is 0 Å². The van der Waals surface area contributed by atoms with Crippen molar-refractivity contribution < 1.29 is 23.7 Å². The van der Waals surface area contributed by atoms with Gasteiger partial charge in [-0.25, -0.2) is 4.79 Å². The molecule has 0 aliphatic carbocycles. The minimum atomic E-state index is -0.759. The van der Waals surface area contributed by atoms with Gasteiger partial charge in [-0.3, -0.25) is 0 Å². The fourth-order valence-corrected chi connectivity index (χ4v) is 2.10. The molecule has 0 radical (unpaired) electrons. The maximum absolute atomic E-state index is 11.9. The normalized spacial score (nSPS) is 11.1. The van der Waals surface area contributed by atoms with E-state index in [9.17, 15) is 4.79 Å². The third kappa shape index (κ3) is 3.42. The lowest BCUT2D eigenvalue weighted by Crippen LogP contribution is -2.26. The lowest BCUT2D eigenvalue weighted by Gasteiger charge is -2.20. The molecule has 0 spiro atoms. The standard InChI is InChI=1S/C17H20O5/c1-17(2,3)22-16(18)21-13-10-14(19-4)15(20-5)12-9-7-6-8-11(12)13/h6-10H,1-5H3. The van der Waals surface area contributed by atoms with Crippen LogP contribution < -0.4 is 14.2 Å². The number of hydrogen-bond donors (Lipinski definition) is 0. The lowest BCUT2D eigenvalue weighted by molar-refractivity contribution is 0.0209. The van der Waals surface area contributed by atoms with Crippen molar-refractivity contribution in [3.8, 4) is 17.2 Å². The van der Waals surface area contributed by atoms with Gasteiger partial charge >= 0.3 is 6.16 Å². The average molecular weight is 304 g/mol. The predicted molar refractivity (Wildman–Crippen MR) is 83.9 cm³/mol. The summed E-state index contributed by atoms with van der Waals surface area (Å²) in [6.07, 6.45) is -0.759. The Morgan fingerprint density at radius 2 is 1.59 bits per heavy atom. The first-order chi connectivity index (χ1) is 10.4. The molecule has 22 heavy (non-hydrogen) atoms. The number of fused-ring (bicyclic) bond motifs is 1. The van der Waals surface area contributed by atoms with E-state index in [-0.39, 0.29) is 0 Å². The van der Waals surface area contributed by atoms with Crippen molar-refractivity contribution in [1.82, 2.24) is 0 Å². The minimum absolute atomic E-state index is 0.363. The Labute approximate surface area is 129 Å². The molecule has 2 rings (SSSR count). The molecule has 0 aromatic heterocycles. The van der Waals surface area contributed by atoms with Crippen LogP contribution in [0.2, 0.25) is 0 Å². The van der Waals surface area contributed by atoms with Crippen LogP contribution in [0.4, 0.5) is 4.79 Å². The maximum Gasteiger partial charge on any atom is 0.514 e. The molecule has 0 saturated heterocycles. The summed E-state index contributed by atoms with van der Waals surface area (Å²) >= 11 is 0. The van der Waals surface area contributed by atoms with Crippen LogP contribution in [0.1, 0.15) is 20.8 Å². The quantitative estimate of drug-likeness (QED) is 0.629. The summed E-state index contributed by atoms with van der Waals surface area (Å²) in [5.41, 5.74) is -0.622. The zero-order chi connectivity index (χ0) is 16.3. The summed E-state index contributed by atoms with van der Waals surface area (Å²) < 4.78 is 21.2. The van der Waals surface area contributed by atoms with Crippen LogP contribution in [0.25, 0.3) is 10.8 Å². The highest BCUT2D eigenvalue weighted by Crippen LogP contribution is 2.41. The molecule has 0 saturated carbocycles. The molecule has 0 amide bonds. The Morgan fingerprint density at radius 3 is 2.14 bits per heavy atom. The zero-order valence-corrected chi connectivity index (χ0v) is 13.4. The Kier molecular flexibility index (Phi) is 4.45. The molecule has 0 fully saturated rings. The van der Waals surface area contributed by atoms with Crippen molar-refractivity contribution in [2.45, 2.75) is 26.4 Å². The lowest BCUT2D eigenvalue weighted by atomic mass is 10.1. The van der Waals surface area contributed by atoms with Gasteiger partial charge < -0.3 is 18.9 Å². The molecule has 5 nitrogen and oxygen atoms in total. The van der Waals surface area contributed by atoms with Gasteiger partial charge in [0.1, 0.15) is 11.4 Å². The minimum Gasteiger partial charge on any atom is -0.493 e. The first kappa shape index (κ1) is 15.9. The van der Waals surface area contributed by atoms with Gasteiger partial charge in [-0.1, -0.05) is 24.3 Å². The third-order valence-electron chi connectivity index (χ3n) is 2.93. The molecule has 0 atom stereocenters. The van der Waals surface area contributed by atoms with Crippen LogP contribution in [-0.4, -0.2) is 26.0 Å². The van der Waals surface area contributed by atoms with Crippen LogP contribution in [0.15, 0.2) is 30.3 Å². The summed E-state index contributed by atoms with van der Waals surface area (Å²) in [5, 5.41) is 1.54. The van der Waals surface area contributed by atoms with Gasteiger partial charge in [0.25, 0.3) is 0 Å². The van der Waals surface area contributed by atoms with Gasteiger partial charge in [-0.05, 0) is 20.8 Å². The number of ether oxygens (including phenoxy) is 4. The number of carbonyl (C=O) groups excluding carboxylic acids is 1. The molecule has 2 aromatic carbocycles. The molecule has 0 heterocycles. The molecular formula is C17H20O5. The smallest absolute Gasteiger partial charge is 0.493 e. The fourth-order valence-electron chi connectivity index (χ4n) is 2.10. The Bertz CT molecular complexity index is 685. The molecule has 0 unspecified atom stereocenters. The van der Waals surface area contributed by atoms with E-state index < -0.39 is 11.8 Å². The van der Waals surface area contributed by atoms with E-state index in [1.807, 2.05) is 24.3 Å². The third-order valence-corrected chi connectivity index (χ3v) is 2.93. The summed E-state index contributed by atoms with van der Waals surface area (Å²) in [4.78, 5) is 11.9. The molecule has 0 aliphatic heterocycles. The van der Waals surface area contributed by atoms with E-state index in [1.165, 1.54) is 7.11 Å². The maximum atomic E-state index is 11.9. The van der Waals surface area contributed by atoms with E-state index in [4.69, 9.17) is 18.9 Å². The van der Waals surface area contributed by atoms with Gasteiger partial charge in [0, 0.05) is 16.8 Å². The van der Waals surface area contributed by atoms with Crippen LogP contribution in [-0.2, 0) is 4.74 Å². The van der Waals surface area contributed by atoms with Crippen molar-refractivity contribution in [2.24, 2.45) is 0 Å². The van der Waals surface area contributed by atoms with E-state index in [1.54, 1.807) is 33.9 Å². The summed E-state index contributed by atoms with van der Waals surface area (Å²) in [6.45, 7) is 5.34. The predicted octanol–water partition coefficient (Wildman–Crippen LogP) is 4.17. The summed E-state index contributed by atoms with van der Waals surface area (Å²) in [6, 6.07) is 9.07. The molecule has 2 aromatic rings. The van der Waals surface area contributed by atoms with E-state index in [2.05, 4.69) is 0 Å². The highest BCUT2D eigenvalue weighted by atomic mass is 16.7. The largest absolute Gasteiger partial charge is 0.514 e. The second kappa shape index (κ2) is 6.13. The first-order valence-corrected chi connectivity index (χ1v) is 6.90. The van der Waals surface area contributed by atoms with Gasteiger partial charge in [0.2, 0.25) is 0 Å². The van der Waals surface area contributed by atoms with Crippen molar-refractivity contribution in [3.05, 3.63) is 30.3 Å². The van der Waals surface area contributed by atoms with Crippen molar-refractivity contribution in [1.29, 1.82) is 0 Å². The SMILES string of the molecule is COc1cc(OC(=O)OC(C)(C)C)c2ccccc2c1OC. The molecular weight excluding hydrogens is 284 g/mol. The molecule has 118 valence electrons. The van der Waals surface area contributed by atoms with Crippen LogP contribution in [0, 0.1) is 0 Å². The van der Waals surface area contributed by atoms with E-state index in [0.29, 0.717) is 17.2 Å². The zero-order valence-electron chi connectivity index (χ0n) is 13.4. The fraction of sp³-hybridized carbons (Fsp3) is 0.353. The summed E-state index contributed by atoms with van der Waals surface area (Å²) in [7, 11) is 3.10. The Morgan fingerprint density at radius 1 is 0.955 bits per heavy atom. The monoisotopic (exact) mass is 304 g/mol. The van der Waals surface area contributed by atoms with E-state index in [0.717, 1.165) is 10.8 Å². The van der Waals surface area contributed by atoms with Crippen LogP contribution >= 0.6 is 0 Å². The van der Waals surface area contributed by atoms with Crippen LogP contribution in [0.3, 0.4) is 0 Å². The van der Waals surface area contributed by atoms with Crippen molar-refractivity contribution in [2.75, 3.05) is 14.2 Å². The number of hydrogen-bond acceptors (Lipinski definition) is 5. The second-order valence-corrected chi connectivity index (χ2v) is 5.72. The van der Waals surface area contributed by atoms with Gasteiger partial charge in [-0.2, -0.15) is 0 Å². The van der Waals surface area contributed by atoms with Gasteiger partial charge in [0.05, 0.1) is 14.2 Å².